The second kappa shape index (κ2) is 9.28. The van der Waals surface area contributed by atoms with Gasteiger partial charge < -0.3 is 15.4 Å². The van der Waals surface area contributed by atoms with Gasteiger partial charge in [0, 0.05) is 54.8 Å². The maximum Gasteiger partial charge on any atom is 0.306 e. The molecule has 9 heteroatoms. The Morgan fingerprint density at radius 2 is 2.00 bits per heavy atom. The van der Waals surface area contributed by atoms with Gasteiger partial charge in [-0.2, -0.15) is 0 Å². The molecule has 182 valence electrons. The zero-order chi connectivity index (χ0) is 23.1. The lowest BCUT2D eigenvalue weighted by Gasteiger charge is -2.49. The molecule has 4 N–H and O–H groups in total. The zero-order valence-corrected chi connectivity index (χ0v) is 19.8. The largest absolute Gasteiger partial charge is 0.461 e. The van der Waals surface area contributed by atoms with Gasteiger partial charge in [-0.15, -0.1) is 0 Å². The van der Waals surface area contributed by atoms with Gasteiger partial charge in [-0.25, -0.2) is 10.4 Å². The van der Waals surface area contributed by atoms with E-state index in [0.29, 0.717) is 30.6 Å². The summed E-state index contributed by atoms with van der Waals surface area (Å²) in [4.78, 5) is 23.8. The summed E-state index contributed by atoms with van der Waals surface area (Å²) in [6, 6.07) is 7.97. The Kier molecular flexibility index (Phi) is 6.01. The van der Waals surface area contributed by atoms with Crippen LogP contribution in [0.25, 0.3) is 10.9 Å². The first-order valence-corrected chi connectivity index (χ1v) is 12.9. The van der Waals surface area contributed by atoms with Crippen LogP contribution < -0.4 is 21.5 Å². The molecule has 9 nitrogen and oxygen atoms in total. The predicted octanol–water partition coefficient (Wildman–Crippen LogP) is 2.76. The summed E-state index contributed by atoms with van der Waals surface area (Å²) in [5, 5.41) is 8.39. The third-order valence-corrected chi connectivity index (χ3v) is 7.86. The van der Waals surface area contributed by atoms with Crippen molar-refractivity contribution in [3.8, 4) is 0 Å². The molecule has 0 amide bonds. The normalized spacial score (nSPS) is 33.7. The number of piperidine rings is 2. The number of hydrazine groups is 1. The van der Waals surface area contributed by atoms with E-state index in [-0.39, 0.29) is 18.2 Å². The van der Waals surface area contributed by atoms with Gasteiger partial charge in [-0.1, -0.05) is 6.42 Å². The predicted molar refractivity (Wildman–Crippen MR) is 131 cm³/mol. The Hall–Kier alpha value is -2.49. The van der Waals surface area contributed by atoms with E-state index in [1.807, 2.05) is 18.3 Å². The number of carbonyl (C=O) groups is 1. The number of nitrogens with zero attached hydrogens (tertiary/aromatic N) is 3. The first-order chi connectivity index (χ1) is 16.6. The molecule has 6 heterocycles. The maximum atomic E-state index is 11.6. The summed E-state index contributed by atoms with van der Waals surface area (Å²) in [5.74, 6) is 1.71. The maximum absolute atomic E-state index is 11.6. The van der Waals surface area contributed by atoms with Crippen molar-refractivity contribution in [3.05, 3.63) is 24.4 Å². The van der Waals surface area contributed by atoms with Gasteiger partial charge in [0.15, 0.2) is 0 Å². The molecule has 34 heavy (non-hydrogen) atoms. The summed E-state index contributed by atoms with van der Waals surface area (Å²) < 4.78 is 5.54. The fourth-order valence-electron chi connectivity index (χ4n) is 6.28. The second-order valence-corrected chi connectivity index (χ2v) is 10.4. The molecule has 2 aromatic rings. The molecular weight excluding hydrogens is 430 g/mol. The van der Waals surface area contributed by atoms with E-state index >= 15 is 0 Å². The van der Waals surface area contributed by atoms with Crippen molar-refractivity contribution >= 4 is 28.5 Å². The summed E-state index contributed by atoms with van der Waals surface area (Å²) in [5.41, 5.74) is 7.49. The van der Waals surface area contributed by atoms with Crippen molar-refractivity contribution in [2.24, 2.45) is 0 Å². The molecule has 2 bridgehead atoms. The lowest BCUT2D eigenvalue weighted by atomic mass is 9.81. The van der Waals surface area contributed by atoms with Crippen molar-refractivity contribution in [2.45, 2.75) is 94.7 Å². The van der Waals surface area contributed by atoms with E-state index < -0.39 is 0 Å². The van der Waals surface area contributed by atoms with Crippen LogP contribution in [0.3, 0.4) is 0 Å². The van der Waals surface area contributed by atoms with Gasteiger partial charge in [-0.3, -0.25) is 20.1 Å². The van der Waals surface area contributed by atoms with Gasteiger partial charge in [-0.05, 0) is 57.6 Å². The fraction of sp³-hybridized carbons (Fsp3) is 0.640. The Labute approximate surface area is 200 Å². The van der Waals surface area contributed by atoms with Crippen LogP contribution in [-0.2, 0) is 9.53 Å². The molecule has 0 saturated carbocycles. The van der Waals surface area contributed by atoms with E-state index in [9.17, 15) is 4.79 Å². The molecule has 4 aliphatic heterocycles. The average molecular weight is 466 g/mol. The van der Waals surface area contributed by atoms with E-state index in [4.69, 9.17) is 9.72 Å². The quantitative estimate of drug-likeness (QED) is 0.480. The highest BCUT2D eigenvalue weighted by Gasteiger charge is 2.40. The number of esters is 1. The van der Waals surface area contributed by atoms with E-state index in [1.54, 1.807) is 0 Å². The van der Waals surface area contributed by atoms with Crippen LogP contribution in [0.4, 0.5) is 11.6 Å². The first kappa shape index (κ1) is 22.0. The van der Waals surface area contributed by atoms with Gasteiger partial charge in [0.05, 0.1) is 11.7 Å². The van der Waals surface area contributed by atoms with Crippen LogP contribution >= 0.6 is 0 Å². The number of ether oxygens (including phenoxy) is 1. The number of nitrogens with one attached hydrogen (secondary N) is 4. The highest BCUT2D eigenvalue weighted by atomic mass is 16.5. The minimum Gasteiger partial charge on any atom is -0.461 e. The number of pyridine rings is 2. The summed E-state index contributed by atoms with van der Waals surface area (Å²) in [6.45, 7) is 3.05. The molecule has 0 aliphatic carbocycles. The van der Waals surface area contributed by atoms with Gasteiger partial charge in [0.25, 0.3) is 0 Å². The monoisotopic (exact) mass is 465 g/mol. The Balaban J connectivity index is 1.19. The average Bonchev–Trinajstić information content (AvgIpc) is 3.41. The molecule has 4 saturated heterocycles. The third-order valence-electron chi connectivity index (χ3n) is 7.86. The summed E-state index contributed by atoms with van der Waals surface area (Å²) in [6.07, 6.45) is 10.4. The smallest absolute Gasteiger partial charge is 0.306 e. The Bertz CT molecular complexity index is 1040. The number of cyclic esters (lactones) is 1. The lowest BCUT2D eigenvalue weighted by molar-refractivity contribution is -0.143. The lowest BCUT2D eigenvalue weighted by Crippen LogP contribution is -2.56. The highest BCUT2D eigenvalue weighted by molar-refractivity contribution is 5.91. The molecule has 0 radical (unpaired) electrons. The molecular formula is C25H35N7O2. The number of rotatable bonds is 6. The molecule has 2 aromatic heterocycles. The van der Waals surface area contributed by atoms with Crippen LogP contribution in [0.1, 0.15) is 58.3 Å². The van der Waals surface area contributed by atoms with Gasteiger partial charge >= 0.3 is 5.97 Å². The van der Waals surface area contributed by atoms with Gasteiger partial charge in [0.1, 0.15) is 17.7 Å². The Morgan fingerprint density at radius 3 is 2.74 bits per heavy atom. The van der Waals surface area contributed by atoms with E-state index in [1.165, 1.54) is 19.3 Å². The zero-order valence-electron chi connectivity index (χ0n) is 19.8. The number of carbonyl (C=O) groups excluding carboxylic acids is 1. The standard InChI is InChI=1S/C25H35N7O2/c1-15-10-23(31-30-15)28-22-13-21-20(6-3-9-26-21)25(29-22)27-16-11-17-4-2-5-18(12-16)32(17)14-19-7-8-24(33)34-19/h3,6,9,13,15-19,23,30-31H,2,4-5,7-8,10-12,14H2,1H3,(H2,27,28,29)/t15?,16?,17-,18+,19-,23?/m1/s1. The number of fused-ring (bicyclic) bond motifs is 3. The molecule has 4 fully saturated rings. The van der Waals surface area contributed by atoms with Crippen LogP contribution in [0.2, 0.25) is 0 Å². The topological polar surface area (TPSA) is 103 Å². The second-order valence-electron chi connectivity index (χ2n) is 10.4. The molecule has 6 atom stereocenters. The van der Waals surface area contributed by atoms with E-state index in [0.717, 1.165) is 54.8 Å². The van der Waals surface area contributed by atoms with Crippen molar-refractivity contribution in [1.82, 2.24) is 25.7 Å². The molecule has 6 rings (SSSR count). The third kappa shape index (κ3) is 4.56. The van der Waals surface area contributed by atoms with Crippen molar-refractivity contribution in [3.63, 3.8) is 0 Å². The number of hydrogen-bond acceptors (Lipinski definition) is 9. The summed E-state index contributed by atoms with van der Waals surface area (Å²) in [7, 11) is 0. The number of anilines is 2. The summed E-state index contributed by atoms with van der Waals surface area (Å²) >= 11 is 0. The minimum atomic E-state index is -0.0372. The fourth-order valence-corrected chi connectivity index (χ4v) is 6.28. The van der Waals surface area contributed by atoms with Crippen LogP contribution in [0.5, 0.6) is 0 Å². The van der Waals surface area contributed by atoms with Crippen LogP contribution in [0, 0.1) is 0 Å². The van der Waals surface area contributed by atoms with Crippen LogP contribution in [0.15, 0.2) is 24.4 Å². The van der Waals surface area contributed by atoms with Crippen molar-refractivity contribution in [1.29, 1.82) is 0 Å². The first-order valence-electron chi connectivity index (χ1n) is 12.9. The van der Waals surface area contributed by atoms with E-state index in [2.05, 4.69) is 44.4 Å². The molecule has 4 aliphatic rings. The van der Waals surface area contributed by atoms with Gasteiger partial charge in [0.2, 0.25) is 0 Å². The molecule has 0 spiro atoms. The SMILES string of the molecule is CC1CC(Nc2cc3ncccc3c(NC3C[C@H]4CCC[C@@H](C3)N4C[C@H]3CCC(=O)O3)n2)NN1. The number of aromatic nitrogens is 2. The van der Waals surface area contributed by atoms with Crippen LogP contribution in [-0.4, -0.2) is 63.8 Å². The molecule has 0 aromatic carbocycles. The highest BCUT2D eigenvalue weighted by Crippen LogP contribution is 2.37. The van der Waals surface area contributed by atoms with Crippen molar-refractivity contribution < 1.29 is 9.53 Å². The molecule has 3 unspecified atom stereocenters. The number of hydrogen-bond donors (Lipinski definition) is 4. The van der Waals surface area contributed by atoms with Crippen molar-refractivity contribution in [2.75, 3.05) is 17.2 Å². The minimum absolute atomic E-state index is 0.0372. The Morgan fingerprint density at radius 1 is 1.15 bits per heavy atom.